The number of amides is 2. The van der Waals surface area contributed by atoms with Crippen molar-refractivity contribution in [3.05, 3.63) is 35.4 Å². The van der Waals surface area contributed by atoms with E-state index in [1.54, 1.807) is 12.1 Å². The maximum absolute atomic E-state index is 12.6. The number of rotatable bonds is 3. The monoisotopic (exact) mass is 317 g/mol. The molecule has 2 amide bonds. The minimum Gasteiger partial charge on any atom is -0.481 e. The minimum absolute atomic E-state index is 0.0508. The zero-order chi connectivity index (χ0) is 16.8. The van der Waals surface area contributed by atoms with Crippen LogP contribution in [0.2, 0.25) is 0 Å². The molecular formula is C16H15NO6. The summed E-state index contributed by atoms with van der Waals surface area (Å²) in [6.45, 7) is 0. The third kappa shape index (κ3) is 1.96. The number of hydrogen-bond acceptors (Lipinski definition) is 4. The summed E-state index contributed by atoms with van der Waals surface area (Å²) in [6.07, 6.45) is 1.07. The molecule has 1 fully saturated rings. The van der Waals surface area contributed by atoms with Crippen LogP contribution in [-0.2, 0) is 9.59 Å². The van der Waals surface area contributed by atoms with E-state index in [0.29, 0.717) is 17.7 Å². The molecule has 0 radical (unpaired) electrons. The molecule has 1 aliphatic carbocycles. The number of hydrogen-bond donors (Lipinski definition) is 2. The molecule has 23 heavy (non-hydrogen) atoms. The number of benzene rings is 1. The number of carbonyl (C=O) groups excluding carboxylic acids is 2. The van der Waals surface area contributed by atoms with Gasteiger partial charge in [-0.3, -0.25) is 19.3 Å². The molecule has 2 unspecified atom stereocenters. The summed E-state index contributed by atoms with van der Waals surface area (Å²) in [6, 6.07) is 6.06. The lowest BCUT2D eigenvalue weighted by Gasteiger charge is -2.43. The molecule has 0 bridgehead atoms. The van der Waals surface area contributed by atoms with Crippen molar-refractivity contribution in [2.75, 3.05) is 0 Å². The molecule has 2 aliphatic rings. The second kappa shape index (κ2) is 5.19. The number of fused-ring (bicyclic) bond motifs is 1. The Kier molecular flexibility index (Phi) is 3.43. The molecule has 0 spiro atoms. The lowest BCUT2D eigenvalue weighted by atomic mass is 9.71. The predicted octanol–water partition coefficient (Wildman–Crippen LogP) is 1.38. The molecular weight excluding hydrogens is 302 g/mol. The molecule has 1 aliphatic heterocycles. The Balaban J connectivity index is 2.17. The smallest absolute Gasteiger partial charge is 0.331 e. The number of carbonyl (C=O) groups is 4. The van der Waals surface area contributed by atoms with Crippen molar-refractivity contribution in [1.29, 1.82) is 0 Å². The van der Waals surface area contributed by atoms with Crippen molar-refractivity contribution >= 4 is 23.8 Å². The van der Waals surface area contributed by atoms with Crippen LogP contribution in [0.5, 0.6) is 0 Å². The van der Waals surface area contributed by atoms with Gasteiger partial charge in [-0.2, -0.15) is 0 Å². The van der Waals surface area contributed by atoms with Gasteiger partial charge in [-0.25, -0.2) is 4.79 Å². The Labute approximate surface area is 131 Å². The number of aliphatic carboxylic acids is 2. The Hall–Kier alpha value is -2.70. The van der Waals surface area contributed by atoms with Crippen molar-refractivity contribution in [2.45, 2.75) is 31.2 Å². The van der Waals surface area contributed by atoms with Crippen LogP contribution < -0.4 is 0 Å². The minimum atomic E-state index is -2.03. The molecule has 1 aromatic rings. The molecule has 0 aromatic heterocycles. The van der Waals surface area contributed by atoms with Gasteiger partial charge < -0.3 is 10.2 Å². The normalized spacial score (nSPS) is 27.0. The largest absolute Gasteiger partial charge is 0.481 e. The van der Waals surface area contributed by atoms with E-state index in [4.69, 9.17) is 0 Å². The highest BCUT2D eigenvalue weighted by Crippen LogP contribution is 2.43. The Bertz CT molecular complexity index is 692. The van der Waals surface area contributed by atoms with E-state index in [-0.39, 0.29) is 24.0 Å². The summed E-state index contributed by atoms with van der Waals surface area (Å²) >= 11 is 0. The summed E-state index contributed by atoms with van der Waals surface area (Å²) in [7, 11) is 0. The number of carboxylic acids is 2. The van der Waals surface area contributed by atoms with Gasteiger partial charge in [0.05, 0.1) is 17.0 Å². The molecule has 7 nitrogen and oxygen atoms in total. The van der Waals surface area contributed by atoms with Gasteiger partial charge in [-0.1, -0.05) is 25.0 Å². The maximum atomic E-state index is 12.6. The van der Waals surface area contributed by atoms with Gasteiger partial charge in [0.15, 0.2) is 5.54 Å². The van der Waals surface area contributed by atoms with Crippen molar-refractivity contribution in [3.63, 3.8) is 0 Å². The molecule has 7 heteroatoms. The zero-order valence-corrected chi connectivity index (χ0v) is 12.2. The fraction of sp³-hybridized carbons (Fsp3) is 0.375. The summed E-state index contributed by atoms with van der Waals surface area (Å²) in [5.74, 6) is -5.53. The maximum Gasteiger partial charge on any atom is 0.331 e. The zero-order valence-electron chi connectivity index (χ0n) is 12.2. The van der Waals surface area contributed by atoms with Gasteiger partial charge in [0.25, 0.3) is 11.8 Å². The van der Waals surface area contributed by atoms with Gasteiger partial charge in [-0.05, 0) is 25.0 Å². The van der Waals surface area contributed by atoms with Crippen molar-refractivity contribution in [3.8, 4) is 0 Å². The topological polar surface area (TPSA) is 112 Å². The lowest BCUT2D eigenvalue weighted by molar-refractivity contribution is -0.164. The van der Waals surface area contributed by atoms with Gasteiger partial charge in [-0.15, -0.1) is 0 Å². The Morgan fingerprint density at radius 1 is 1.04 bits per heavy atom. The van der Waals surface area contributed by atoms with E-state index in [1.807, 2.05) is 0 Å². The van der Waals surface area contributed by atoms with E-state index < -0.39 is 35.2 Å². The van der Waals surface area contributed by atoms with E-state index in [1.165, 1.54) is 12.1 Å². The van der Waals surface area contributed by atoms with Crippen LogP contribution in [0.3, 0.4) is 0 Å². The molecule has 1 saturated carbocycles. The Morgan fingerprint density at radius 3 is 2.09 bits per heavy atom. The standard InChI is InChI=1S/C16H15NO6/c18-12-9-5-1-2-6-10(9)13(19)17(12)16(15(22)23)8-4-3-7-11(16)14(20)21/h1-2,5-6,11H,3-4,7-8H2,(H,20,21)(H,22,23). The van der Waals surface area contributed by atoms with E-state index in [9.17, 15) is 29.4 Å². The van der Waals surface area contributed by atoms with Crippen molar-refractivity contribution in [2.24, 2.45) is 5.92 Å². The second-order valence-electron chi connectivity index (χ2n) is 5.86. The highest BCUT2D eigenvalue weighted by atomic mass is 16.4. The van der Waals surface area contributed by atoms with Crippen LogP contribution in [0.4, 0.5) is 0 Å². The van der Waals surface area contributed by atoms with Gasteiger partial charge >= 0.3 is 11.9 Å². The summed E-state index contributed by atoms with van der Waals surface area (Å²) in [5.41, 5.74) is -1.79. The number of nitrogens with zero attached hydrogens (tertiary/aromatic N) is 1. The van der Waals surface area contributed by atoms with Gasteiger partial charge in [0, 0.05) is 0 Å². The average Bonchev–Trinajstić information content (AvgIpc) is 2.79. The fourth-order valence-corrected chi connectivity index (χ4v) is 3.65. The first-order valence-corrected chi connectivity index (χ1v) is 7.35. The SMILES string of the molecule is O=C(O)C1CCCCC1(C(=O)O)N1C(=O)c2ccccc2C1=O. The second-order valence-corrected chi connectivity index (χ2v) is 5.86. The lowest BCUT2D eigenvalue weighted by Crippen LogP contribution is -2.64. The molecule has 120 valence electrons. The van der Waals surface area contributed by atoms with Crippen LogP contribution in [0.25, 0.3) is 0 Å². The Morgan fingerprint density at radius 2 is 1.61 bits per heavy atom. The molecule has 2 N–H and O–H groups in total. The van der Waals surface area contributed by atoms with Crippen molar-refractivity contribution in [1.82, 2.24) is 4.90 Å². The summed E-state index contributed by atoms with van der Waals surface area (Å²) in [5, 5.41) is 19.2. The fourth-order valence-electron chi connectivity index (χ4n) is 3.65. The predicted molar refractivity (Wildman–Crippen MR) is 76.9 cm³/mol. The van der Waals surface area contributed by atoms with Crippen LogP contribution in [0.1, 0.15) is 46.4 Å². The molecule has 0 saturated heterocycles. The van der Waals surface area contributed by atoms with Gasteiger partial charge in [0.2, 0.25) is 0 Å². The van der Waals surface area contributed by atoms with E-state index in [2.05, 4.69) is 0 Å². The first-order valence-electron chi connectivity index (χ1n) is 7.35. The number of imide groups is 1. The van der Waals surface area contributed by atoms with E-state index in [0.717, 1.165) is 0 Å². The van der Waals surface area contributed by atoms with Crippen LogP contribution in [0.15, 0.2) is 24.3 Å². The average molecular weight is 317 g/mol. The quantitative estimate of drug-likeness (QED) is 0.815. The third-order valence-corrected chi connectivity index (χ3v) is 4.74. The number of carboxylic acid groups (broad SMARTS) is 2. The van der Waals surface area contributed by atoms with Crippen LogP contribution >= 0.6 is 0 Å². The van der Waals surface area contributed by atoms with Crippen LogP contribution in [-0.4, -0.2) is 44.4 Å². The molecule has 1 heterocycles. The molecule has 3 rings (SSSR count). The molecule has 1 aromatic carbocycles. The summed E-state index contributed by atoms with van der Waals surface area (Å²) < 4.78 is 0. The first kappa shape index (κ1) is 15.2. The van der Waals surface area contributed by atoms with Gasteiger partial charge in [0.1, 0.15) is 0 Å². The third-order valence-electron chi connectivity index (χ3n) is 4.74. The van der Waals surface area contributed by atoms with Crippen LogP contribution in [0, 0.1) is 5.92 Å². The van der Waals surface area contributed by atoms with E-state index >= 15 is 0 Å². The molecule has 2 atom stereocenters. The highest BCUT2D eigenvalue weighted by molar-refractivity contribution is 6.23. The highest BCUT2D eigenvalue weighted by Gasteiger charge is 2.60. The van der Waals surface area contributed by atoms with Crippen molar-refractivity contribution < 1.29 is 29.4 Å². The first-order chi connectivity index (χ1) is 10.9. The summed E-state index contributed by atoms with van der Waals surface area (Å²) in [4.78, 5) is 49.5.